The van der Waals surface area contributed by atoms with E-state index in [-0.39, 0.29) is 18.4 Å². The highest BCUT2D eigenvalue weighted by atomic mass is 35.5. The van der Waals surface area contributed by atoms with Gasteiger partial charge in [0.1, 0.15) is 12.5 Å². The predicted molar refractivity (Wildman–Crippen MR) is 96.1 cm³/mol. The molecule has 0 amide bonds. The summed E-state index contributed by atoms with van der Waals surface area (Å²) in [7, 11) is 0. The Balaban J connectivity index is 0.00000484. The smallest absolute Gasteiger partial charge is 0.316 e. The number of esters is 1. The van der Waals surface area contributed by atoms with Crippen LogP contribution in [-0.4, -0.2) is 48.3 Å². The van der Waals surface area contributed by atoms with Crippen molar-refractivity contribution in [1.82, 2.24) is 4.90 Å². The van der Waals surface area contributed by atoms with Crippen LogP contribution in [0.25, 0.3) is 0 Å². The molecule has 0 fully saturated rings. The van der Waals surface area contributed by atoms with E-state index in [1.165, 1.54) is 0 Å². The van der Waals surface area contributed by atoms with Gasteiger partial charge in [0.2, 0.25) is 0 Å². The van der Waals surface area contributed by atoms with E-state index in [1.807, 2.05) is 37.3 Å². The third-order valence-electron chi connectivity index (χ3n) is 3.93. The molecular weight excluding hydrogens is 314 g/mol. The molecule has 132 valence electrons. The number of carbonyl (C=O) groups excluding carboxylic acids is 1. The minimum atomic E-state index is -0.701. The fraction of sp³-hybridized carbons (Fsp3) is 0.611. The van der Waals surface area contributed by atoms with Crippen LogP contribution in [-0.2, 0) is 9.53 Å². The molecule has 0 spiro atoms. The van der Waals surface area contributed by atoms with Gasteiger partial charge in [0, 0.05) is 6.54 Å². The van der Waals surface area contributed by atoms with Crippen molar-refractivity contribution in [2.75, 3.05) is 26.2 Å². The summed E-state index contributed by atoms with van der Waals surface area (Å²) in [5.74, 6) is -0.933. The molecule has 2 unspecified atom stereocenters. The van der Waals surface area contributed by atoms with Crippen molar-refractivity contribution in [2.45, 2.75) is 45.6 Å². The standard InChI is InChI=1S/C18H29NO3.ClH/c1-4-10-16(20)17(15-11-8-7-9-12-15)18(21)22-14-13-19(5-2)6-3;/h7-9,11-12,16-17,20H,4-6,10,13-14H2,1-3H3;1H. The number of halogens is 1. The lowest BCUT2D eigenvalue weighted by molar-refractivity contribution is -0.148. The number of rotatable bonds is 10. The zero-order valence-corrected chi connectivity index (χ0v) is 15.2. The number of likely N-dealkylation sites (N-methyl/N-ethyl adjacent to an activating group) is 1. The number of carbonyl (C=O) groups is 1. The van der Waals surface area contributed by atoms with Crippen LogP contribution in [0.4, 0.5) is 0 Å². The molecule has 1 aromatic rings. The van der Waals surface area contributed by atoms with Gasteiger partial charge in [0.15, 0.2) is 0 Å². The van der Waals surface area contributed by atoms with E-state index < -0.39 is 12.0 Å². The maximum absolute atomic E-state index is 12.4. The van der Waals surface area contributed by atoms with Crippen LogP contribution in [0.2, 0.25) is 0 Å². The molecule has 1 aromatic carbocycles. The number of aliphatic hydroxyl groups is 1. The summed E-state index contributed by atoms with van der Waals surface area (Å²) in [5, 5.41) is 10.3. The summed E-state index contributed by atoms with van der Waals surface area (Å²) < 4.78 is 5.42. The van der Waals surface area contributed by atoms with Crippen LogP contribution in [0, 0.1) is 0 Å². The van der Waals surface area contributed by atoms with Gasteiger partial charge in [0.05, 0.1) is 6.10 Å². The number of nitrogens with zero attached hydrogens (tertiary/aromatic N) is 1. The highest BCUT2D eigenvalue weighted by Gasteiger charge is 2.29. The highest BCUT2D eigenvalue weighted by Crippen LogP contribution is 2.24. The van der Waals surface area contributed by atoms with Gasteiger partial charge in [-0.25, -0.2) is 0 Å². The number of benzene rings is 1. The Labute approximate surface area is 146 Å². The van der Waals surface area contributed by atoms with Crippen LogP contribution in [0.5, 0.6) is 0 Å². The molecule has 0 aliphatic carbocycles. The minimum absolute atomic E-state index is 0. The second-order valence-electron chi connectivity index (χ2n) is 5.44. The summed E-state index contributed by atoms with van der Waals surface area (Å²) in [4.78, 5) is 14.6. The Bertz CT molecular complexity index is 424. The number of ether oxygens (including phenoxy) is 1. The summed E-state index contributed by atoms with van der Waals surface area (Å²) in [6, 6.07) is 9.40. The van der Waals surface area contributed by atoms with E-state index in [4.69, 9.17) is 4.74 Å². The molecule has 2 atom stereocenters. The number of hydrogen-bond acceptors (Lipinski definition) is 4. The molecule has 0 aliphatic heterocycles. The first-order valence-electron chi connectivity index (χ1n) is 8.25. The van der Waals surface area contributed by atoms with Crippen molar-refractivity contribution >= 4 is 18.4 Å². The van der Waals surface area contributed by atoms with Gasteiger partial charge >= 0.3 is 5.97 Å². The first-order chi connectivity index (χ1) is 10.6. The topological polar surface area (TPSA) is 49.8 Å². The first kappa shape index (κ1) is 21.9. The Hall–Kier alpha value is -1.10. The minimum Gasteiger partial charge on any atom is -0.464 e. The predicted octanol–water partition coefficient (Wildman–Crippen LogP) is 3.24. The Morgan fingerprint density at radius 1 is 1.17 bits per heavy atom. The number of hydrogen-bond donors (Lipinski definition) is 1. The van der Waals surface area contributed by atoms with Gasteiger partial charge in [-0.1, -0.05) is 57.5 Å². The molecule has 4 nitrogen and oxygen atoms in total. The van der Waals surface area contributed by atoms with Crippen LogP contribution >= 0.6 is 12.4 Å². The van der Waals surface area contributed by atoms with Crippen LogP contribution in [0.1, 0.15) is 45.1 Å². The largest absolute Gasteiger partial charge is 0.464 e. The van der Waals surface area contributed by atoms with Crippen molar-refractivity contribution in [3.05, 3.63) is 35.9 Å². The third-order valence-corrected chi connectivity index (χ3v) is 3.93. The molecule has 0 bridgehead atoms. The second-order valence-corrected chi connectivity index (χ2v) is 5.44. The molecule has 0 radical (unpaired) electrons. The molecule has 0 heterocycles. The van der Waals surface area contributed by atoms with E-state index in [1.54, 1.807) is 0 Å². The maximum Gasteiger partial charge on any atom is 0.316 e. The zero-order valence-electron chi connectivity index (χ0n) is 14.4. The van der Waals surface area contributed by atoms with Crippen molar-refractivity contribution in [1.29, 1.82) is 0 Å². The lowest BCUT2D eigenvalue weighted by Gasteiger charge is -2.23. The fourth-order valence-electron chi connectivity index (χ4n) is 2.54. The monoisotopic (exact) mass is 343 g/mol. The molecule has 5 heteroatoms. The molecule has 0 saturated carbocycles. The van der Waals surface area contributed by atoms with Gasteiger partial charge in [-0.2, -0.15) is 0 Å². The van der Waals surface area contributed by atoms with Gasteiger partial charge < -0.3 is 14.7 Å². The summed E-state index contributed by atoms with van der Waals surface area (Å²) in [5.41, 5.74) is 0.816. The first-order valence-corrected chi connectivity index (χ1v) is 8.25. The normalized spacial score (nSPS) is 13.3. The van der Waals surface area contributed by atoms with Gasteiger partial charge in [-0.05, 0) is 25.1 Å². The lowest BCUT2D eigenvalue weighted by Crippen LogP contribution is -2.32. The van der Waals surface area contributed by atoms with Crippen LogP contribution in [0.3, 0.4) is 0 Å². The molecule has 0 aromatic heterocycles. The van der Waals surface area contributed by atoms with Crippen LogP contribution in [0.15, 0.2) is 30.3 Å². The highest BCUT2D eigenvalue weighted by molar-refractivity contribution is 5.85. The quantitative estimate of drug-likeness (QED) is 0.663. The van der Waals surface area contributed by atoms with Gasteiger partial charge in [-0.3, -0.25) is 4.79 Å². The molecule has 0 aliphatic rings. The molecule has 1 N–H and O–H groups in total. The van der Waals surface area contributed by atoms with E-state index in [0.717, 1.165) is 31.6 Å². The van der Waals surface area contributed by atoms with E-state index in [2.05, 4.69) is 18.7 Å². The zero-order chi connectivity index (χ0) is 16.4. The van der Waals surface area contributed by atoms with Gasteiger partial charge in [0.25, 0.3) is 0 Å². The SMILES string of the molecule is CCCC(O)C(C(=O)OCCN(CC)CC)c1ccccc1.Cl. The van der Waals surface area contributed by atoms with E-state index >= 15 is 0 Å². The summed E-state index contributed by atoms with van der Waals surface area (Å²) in [6.07, 6.45) is 0.718. The summed E-state index contributed by atoms with van der Waals surface area (Å²) in [6.45, 7) is 9.14. The molecular formula is C18H30ClNO3. The Morgan fingerprint density at radius 3 is 2.30 bits per heavy atom. The lowest BCUT2D eigenvalue weighted by atomic mass is 9.91. The van der Waals surface area contributed by atoms with Gasteiger partial charge in [-0.15, -0.1) is 12.4 Å². The van der Waals surface area contributed by atoms with E-state index in [0.29, 0.717) is 13.0 Å². The fourth-order valence-corrected chi connectivity index (χ4v) is 2.54. The maximum atomic E-state index is 12.4. The average molecular weight is 344 g/mol. The van der Waals surface area contributed by atoms with Crippen molar-refractivity contribution in [2.24, 2.45) is 0 Å². The average Bonchev–Trinajstić information content (AvgIpc) is 2.53. The molecule has 1 rings (SSSR count). The molecule has 0 saturated heterocycles. The third kappa shape index (κ3) is 7.34. The molecule has 23 heavy (non-hydrogen) atoms. The van der Waals surface area contributed by atoms with Crippen LogP contribution < -0.4 is 0 Å². The Kier molecular flexibility index (Phi) is 11.7. The second kappa shape index (κ2) is 12.3. The van der Waals surface area contributed by atoms with Crippen molar-refractivity contribution in [3.63, 3.8) is 0 Å². The van der Waals surface area contributed by atoms with Crippen molar-refractivity contribution in [3.8, 4) is 0 Å². The van der Waals surface area contributed by atoms with E-state index in [9.17, 15) is 9.90 Å². The van der Waals surface area contributed by atoms with Crippen molar-refractivity contribution < 1.29 is 14.6 Å². The number of aliphatic hydroxyl groups excluding tert-OH is 1. The Morgan fingerprint density at radius 2 is 1.78 bits per heavy atom. The summed E-state index contributed by atoms with van der Waals surface area (Å²) >= 11 is 0.